The van der Waals surface area contributed by atoms with Crippen molar-refractivity contribution in [3.05, 3.63) is 84.6 Å². The molecule has 7 heteroatoms. The highest BCUT2D eigenvalue weighted by Gasteiger charge is 2.20. The Morgan fingerprint density at radius 1 is 1.00 bits per heavy atom. The summed E-state index contributed by atoms with van der Waals surface area (Å²) in [4.78, 5) is 38.1. The zero-order valence-electron chi connectivity index (χ0n) is 18.9. The normalized spacial score (nSPS) is 11.2. The molecule has 5 aromatic rings. The van der Waals surface area contributed by atoms with Gasteiger partial charge in [-0.15, -0.1) is 0 Å². The van der Waals surface area contributed by atoms with Gasteiger partial charge in [0, 0.05) is 70.6 Å². The van der Waals surface area contributed by atoms with Crippen LogP contribution in [-0.2, 0) is 0 Å². The van der Waals surface area contributed by atoms with Crippen LogP contribution in [0.4, 0.5) is 4.79 Å². The molecule has 0 saturated carbocycles. The van der Waals surface area contributed by atoms with Gasteiger partial charge >= 0.3 is 6.03 Å². The minimum Gasteiger partial charge on any atom is -0.345 e. The van der Waals surface area contributed by atoms with E-state index in [9.17, 15) is 9.59 Å². The number of aromatic nitrogens is 4. The summed E-state index contributed by atoms with van der Waals surface area (Å²) < 4.78 is 1.56. The second-order valence-electron chi connectivity index (χ2n) is 8.26. The molecule has 0 atom stereocenters. The molecule has 1 aromatic carbocycles. The lowest BCUT2D eigenvalue weighted by atomic mass is 9.99. The summed E-state index contributed by atoms with van der Waals surface area (Å²) in [6.07, 6.45) is 11.8. The largest absolute Gasteiger partial charge is 0.345 e. The van der Waals surface area contributed by atoms with Crippen LogP contribution in [0.25, 0.3) is 33.1 Å². The van der Waals surface area contributed by atoms with Gasteiger partial charge in [-0.05, 0) is 30.7 Å². The van der Waals surface area contributed by atoms with Crippen LogP contribution in [0.2, 0.25) is 0 Å². The molecule has 0 aliphatic rings. The molecule has 5 rings (SSSR count). The number of hydrogen-bond donors (Lipinski definition) is 2. The van der Waals surface area contributed by atoms with Crippen molar-refractivity contribution in [2.24, 2.45) is 0 Å². The number of carbonyl (C=O) groups excluding carboxylic acids is 2. The van der Waals surface area contributed by atoms with Gasteiger partial charge in [0.25, 0.3) is 0 Å². The van der Waals surface area contributed by atoms with Gasteiger partial charge < -0.3 is 10.3 Å². The van der Waals surface area contributed by atoms with Crippen molar-refractivity contribution < 1.29 is 9.59 Å². The summed E-state index contributed by atoms with van der Waals surface area (Å²) in [6, 6.07) is 12.9. The van der Waals surface area contributed by atoms with Gasteiger partial charge in [-0.1, -0.05) is 38.0 Å². The third-order valence-corrected chi connectivity index (χ3v) is 6.02. The Kier molecular flexibility index (Phi) is 5.91. The topological polar surface area (TPSA) is 92.7 Å². The van der Waals surface area contributed by atoms with Crippen molar-refractivity contribution in [3.8, 4) is 11.1 Å². The summed E-state index contributed by atoms with van der Waals surface area (Å²) >= 11 is 0. The van der Waals surface area contributed by atoms with Gasteiger partial charge in [0.2, 0.25) is 0 Å². The number of carbonyl (C=O) groups is 2. The lowest BCUT2D eigenvalue weighted by molar-refractivity contribution is 0.104. The molecule has 0 bridgehead atoms. The fourth-order valence-corrected chi connectivity index (χ4v) is 4.23. The minimum atomic E-state index is -0.187. The number of benzene rings is 1. The molecular formula is C27H25N5O2. The first-order valence-electron chi connectivity index (χ1n) is 11.5. The smallest absolute Gasteiger partial charge is 0.326 e. The molecule has 7 nitrogen and oxygen atoms in total. The summed E-state index contributed by atoms with van der Waals surface area (Å²) in [6.45, 7) is 2.76. The Morgan fingerprint density at radius 3 is 2.74 bits per heavy atom. The number of nitrogens with zero attached hydrogens (tertiary/aromatic N) is 3. The van der Waals surface area contributed by atoms with Crippen LogP contribution < -0.4 is 5.32 Å². The number of fused-ring (bicyclic) bond motifs is 2. The highest BCUT2D eigenvalue weighted by Crippen LogP contribution is 2.28. The standard InChI is InChI=1S/C27H25N5O2/c1-2-3-4-12-29-27(34)32-13-10-20-21(8-5-9-24(20)32)25(33)23-17-31-26-22(23)14-19(16-30-26)18-7-6-11-28-15-18/h5-11,13-17H,2-4,12H2,1H3,(H,29,34)(H,30,31). The third-order valence-electron chi connectivity index (χ3n) is 6.02. The SMILES string of the molecule is CCCCCNC(=O)n1ccc2c(C(=O)c3c[nH]c4ncc(-c5cccnc5)cc34)cccc21. The van der Waals surface area contributed by atoms with E-state index < -0.39 is 0 Å². The van der Waals surface area contributed by atoms with Crippen LogP contribution >= 0.6 is 0 Å². The van der Waals surface area contributed by atoms with Crippen molar-refractivity contribution >= 4 is 33.8 Å². The summed E-state index contributed by atoms with van der Waals surface area (Å²) in [5.41, 5.74) is 4.25. The van der Waals surface area contributed by atoms with Crippen LogP contribution in [-0.4, -0.2) is 37.9 Å². The average molecular weight is 452 g/mol. The second kappa shape index (κ2) is 9.31. The molecule has 2 N–H and O–H groups in total. The van der Waals surface area contributed by atoms with Gasteiger partial charge in [0.1, 0.15) is 5.65 Å². The molecule has 0 aliphatic heterocycles. The Balaban J connectivity index is 1.49. The number of aromatic amines is 1. The van der Waals surface area contributed by atoms with E-state index in [4.69, 9.17) is 0 Å². The first-order chi connectivity index (χ1) is 16.7. The number of H-pyrrole nitrogens is 1. The van der Waals surface area contributed by atoms with Crippen LogP contribution in [0, 0.1) is 0 Å². The molecule has 0 aliphatic carbocycles. The second-order valence-corrected chi connectivity index (χ2v) is 8.26. The number of hydrogen-bond acceptors (Lipinski definition) is 4. The maximum atomic E-state index is 13.6. The highest BCUT2D eigenvalue weighted by molar-refractivity contribution is 6.21. The molecule has 0 radical (unpaired) electrons. The molecule has 1 amide bonds. The minimum absolute atomic E-state index is 0.122. The molecular weight excluding hydrogens is 426 g/mol. The first kappa shape index (κ1) is 21.6. The highest BCUT2D eigenvalue weighted by atomic mass is 16.2. The van der Waals surface area contributed by atoms with Crippen molar-refractivity contribution in [1.29, 1.82) is 0 Å². The lowest BCUT2D eigenvalue weighted by Crippen LogP contribution is -2.28. The van der Waals surface area contributed by atoms with Gasteiger partial charge in [0.05, 0.1) is 5.52 Å². The average Bonchev–Trinajstić information content (AvgIpc) is 3.50. The molecule has 34 heavy (non-hydrogen) atoms. The van der Waals surface area contributed by atoms with Crippen molar-refractivity contribution in [1.82, 2.24) is 24.8 Å². The first-order valence-corrected chi connectivity index (χ1v) is 11.5. The molecule has 4 heterocycles. The van der Waals surface area contributed by atoms with E-state index in [0.717, 1.165) is 41.2 Å². The predicted octanol–water partition coefficient (Wildman–Crippen LogP) is 5.56. The quantitative estimate of drug-likeness (QED) is 0.250. The van der Waals surface area contributed by atoms with E-state index in [0.29, 0.717) is 28.8 Å². The summed E-state index contributed by atoms with van der Waals surface area (Å²) in [5, 5.41) is 4.44. The summed E-state index contributed by atoms with van der Waals surface area (Å²) in [5.74, 6) is -0.122. The number of pyridine rings is 2. The monoisotopic (exact) mass is 451 g/mol. The molecule has 0 unspecified atom stereocenters. The fraction of sp³-hybridized carbons (Fsp3) is 0.185. The maximum absolute atomic E-state index is 13.6. The predicted molar refractivity (Wildman–Crippen MR) is 133 cm³/mol. The number of amides is 1. The third kappa shape index (κ3) is 3.96. The van der Waals surface area contributed by atoms with Gasteiger partial charge in [0.15, 0.2) is 5.78 Å². The van der Waals surface area contributed by atoms with Gasteiger partial charge in [-0.2, -0.15) is 0 Å². The maximum Gasteiger partial charge on any atom is 0.326 e. The Morgan fingerprint density at radius 2 is 1.91 bits per heavy atom. The molecule has 0 fully saturated rings. The van der Waals surface area contributed by atoms with Crippen molar-refractivity contribution in [2.45, 2.75) is 26.2 Å². The Hall–Kier alpha value is -4.26. The van der Waals surface area contributed by atoms with Crippen LogP contribution in [0.15, 0.2) is 73.4 Å². The number of ketones is 1. The van der Waals surface area contributed by atoms with E-state index in [2.05, 4.69) is 27.2 Å². The summed E-state index contributed by atoms with van der Waals surface area (Å²) in [7, 11) is 0. The Labute approximate surface area is 196 Å². The fourth-order valence-electron chi connectivity index (χ4n) is 4.23. The van der Waals surface area contributed by atoms with E-state index >= 15 is 0 Å². The number of unbranched alkanes of at least 4 members (excludes halogenated alkanes) is 2. The zero-order chi connectivity index (χ0) is 23.5. The lowest BCUT2D eigenvalue weighted by Gasteiger charge is -2.08. The van der Waals surface area contributed by atoms with E-state index in [-0.39, 0.29) is 11.8 Å². The van der Waals surface area contributed by atoms with E-state index in [1.807, 2.05) is 36.4 Å². The number of rotatable bonds is 7. The van der Waals surface area contributed by atoms with Gasteiger partial charge in [-0.3, -0.25) is 14.3 Å². The Bertz CT molecular complexity index is 1480. The van der Waals surface area contributed by atoms with E-state index in [1.165, 1.54) is 0 Å². The van der Waals surface area contributed by atoms with Crippen LogP contribution in [0.1, 0.15) is 42.1 Å². The van der Waals surface area contributed by atoms with Gasteiger partial charge in [-0.25, -0.2) is 9.78 Å². The number of nitrogens with one attached hydrogen (secondary N) is 2. The van der Waals surface area contributed by atoms with E-state index in [1.54, 1.807) is 41.6 Å². The molecule has 170 valence electrons. The molecule has 0 saturated heterocycles. The van der Waals surface area contributed by atoms with Crippen molar-refractivity contribution in [2.75, 3.05) is 6.54 Å². The zero-order valence-corrected chi connectivity index (χ0v) is 18.9. The van der Waals surface area contributed by atoms with Crippen LogP contribution in [0.5, 0.6) is 0 Å². The molecule has 4 aromatic heterocycles. The van der Waals surface area contributed by atoms with Crippen LogP contribution in [0.3, 0.4) is 0 Å². The molecule has 0 spiro atoms. The van der Waals surface area contributed by atoms with Crippen molar-refractivity contribution in [3.63, 3.8) is 0 Å².